The van der Waals surface area contributed by atoms with Crippen LogP contribution in [0, 0.1) is 0 Å². The zero-order chi connectivity index (χ0) is 11.2. The van der Waals surface area contributed by atoms with E-state index in [4.69, 9.17) is 4.74 Å². The Morgan fingerprint density at radius 3 is 2.64 bits per heavy atom. The van der Waals surface area contributed by atoms with Crippen molar-refractivity contribution in [2.45, 2.75) is 45.0 Å². The Morgan fingerprint density at radius 2 is 2.21 bits per heavy atom. The fourth-order valence-electron chi connectivity index (χ4n) is 1.12. The highest BCUT2D eigenvalue weighted by Crippen LogP contribution is 2.21. The SMILES string of the molecule is C=CC(=O)OC(C)CCC[Si](C)(C)I. The van der Waals surface area contributed by atoms with Gasteiger partial charge in [0.15, 0.2) is 0 Å². The van der Waals surface area contributed by atoms with Crippen molar-refractivity contribution in [1.29, 1.82) is 0 Å². The van der Waals surface area contributed by atoms with Crippen molar-refractivity contribution in [1.82, 2.24) is 0 Å². The van der Waals surface area contributed by atoms with Gasteiger partial charge in [0.1, 0.15) is 5.57 Å². The van der Waals surface area contributed by atoms with Crippen molar-refractivity contribution in [2.24, 2.45) is 0 Å². The first-order chi connectivity index (χ1) is 6.35. The van der Waals surface area contributed by atoms with Gasteiger partial charge in [0.25, 0.3) is 0 Å². The third-order valence-corrected chi connectivity index (χ3v) is 5.03. The standard InChI is InChI=1S/C10H19IO2Si/c1-5-10(12)13-9(2)7-6-8-14(3,4)11/h5,9H,1,6-8H2,2-4H3. The van der Waals surface area contributed by atoms with Crippen LogP contribution in [0.5, 0.6) is 0 Å². The van der Waals surface area contributed by atoms with Gasteiger partial charge in [0.2, 0.25) is 0 Å². The Bertz CT molecular complexity index is 199. The summed E-state index contributed by atoms with van der Waals surface area (Å²) in [6.07, 6.45) is 3.34. The summed E-state index contributed by atoms with van der Waals surface area (Å²) in [7, 11) is 0. The Labute approximate surface area is 100 Å². The second-order valence-electron chi connectivity index (χ2n) is 4.06. The number of carbonyl (C=O) groups is 1. The largest absolute Gasteiger partial charge is 0.460 e. The molecular formula is C10H19IO2Si. The lowest BCUT2D eigenvalue weighted by atomic mass is 10.2. The quantitative estimate of drug-likeness (QED) is 0.245. The number of rotatable bonds is 6. The summed E-state index contributed by atoms with van der Waals surface area (Å²) in [5.74, 6) is -0.316. The highest BCUT2D eigenvalue weighted by atomic mass is 127. The highest BCUT2D eigenvalue weighted by Gasteiger charge is 2.16. The zero-order valence-electron chi connectivity index (χ0n) is 9.18. The molecule has 1 atom stereocenters. The van der Waals surface area contributed by atoms with Crippen molar-refractivity contribution in [3.8, 4) is 0 Å². The van der Waals surface area contributed by atoms with Gasteiger partial charge in [-0.3, -0.25) is 0 Å². The molecule has 0 aliphatic rings. The molecule has 0 heterocycles. The van der Waals surface area contributed by atoms with Crippen LogP contribution in [0.15, 0.2) is 12.7 Å². The molecule has 0 saturated carbocycles. The van der Waals surface area contributed by atoms with E-state index in [2.05, 4.69) is 41.5 Å². The Hall–Kier alpha value is 0.157. The number of halogens is 1. The van der Waals surface area contributed by atoms with Gasteiger partial charge in [0.05, 0.1) is 6.10 Å². The third-order valence-electron chi connectivity index (χ3n) is 1.87. The Morgan fingerprint density at radius 1 is 1.64 bits per heavy atom. The minimum absolute atomic E-state index is 0.0215. The predicted molar refractivity (Wildman–Crippen MR) is 71.3 cm³/mol. The first-order valence-corrected chi connectivity index (χ1v) is 11.2. The molecule has 2 nitrogen and oxygen atoms in total. The van der Waals surface area contributed by atoms with E-state index in [9.17, 15) is 4.79 Å². The topological polar surface area (TPSA) is 26.3 Å². The van der Waals surface area contributed by atoms with Gasteiger partial charge in [-0.15, -0.1) is 21.8 Å². The van der Waals surface area contributed by atoms with E-state index in [1.807, 2.05) is 6.92 Å². The van der Waals surface area contributed by atoms with E-state index < -0.39 is 5.57 Å². The molecule has 0 aromatic heterocycles. The molecule has 14 heavy (non-hydrogen) atoms. The summed E-state index contributed by atoms with van der Waals surface area (Å²) in [5.41, 5.74) is -0.963. The van der Waals surface area contributed by atoms with Crippen molar-refractivity contribution >= 4 is 33.3 Å². The molecule has 0 saturated heterocycles. The van der Waals surface area contributed by atoms with Crippen LogP contribution >= 0.6 is 21.8 Å². The molecule has 0 rings (SSSR count). The summed E-state index contributed by atoms with van der Waals surface area (Å²) in [5, 5.41) is 0. The number of esters is 1. The van der Waals surface area contributed by atoms with Crippen LogP contribution < -0.4 is 0 Å². The van der Waals surface area contributed by atoms with Gasteiger partial charge in [0, 0.05) is 6.08 Å². The van der Waals surface area contributed by atoms with E-state index in [1.54, 1.807) is 0 Å². The molecule has 0 spiro atoms. The summed E-state index contributed by atoms with van der Waals surface area (Å²) in [4.78, 5) is 10.8. The van der Waals surface area contributed by atoms with Gasteiger partial charge in [-0.05, 0) is 19.4 Å². The first-order valence-electron chi connectivity index (χ1n) is 4.87. The zero-order valence-corrected chi connectivity index (χ0v) is 12.3. The lowest BCUT2D eigenvalue weighted by Gasteiger charge is -2.15. The van der Waals surface area contributed by atoms with Crippen LogP contribution in [0.25, 0.3) is 0 Å². The highest BCUT2D eigenvalue weighted by molar-refractivity contribution is 14.1. The van der Waals surface area contributed by atoms with Crippen LogP contribution in [-0.4, -0.2) is 17.6 Å². The van der Waals surface area contributed by atoms with E-state index in [0.717, 1.165) is 12.8 Å². The van der Waals surface area contributed by atoms with E-state index in [1.165, 1.54) is 12.1 Å². The van der Waals surface area contributed by atoms with Crippen LogP contribution in [0.4, 0.5) is 0 Å². The second-order valence-corrected chi connectivity index (χ2v) is 16.8. The van der Waals surface area contributed by atoms with Crippen molar-refractivity contribution < 1.29 is 9.53 Å². The number of ether oxygens (including phenoxy) is 1. The fraction of sp³-hybridized carbons (Fsp3) is 0.700. The molecule has 0 aliphatic carbocycles. The van der Waals surface area contributed by atoms with E-state index in [-0.39, 0.29) is 12.1 Å². The predicted octanol–water partition coefficient (Wildman–Crippen LogP) is 3.52. The molecule has 4 heteroatoms. The lowest BCUT2D eigenvalue weighted by molar-refractivity contribution is -0.142. The van der Waals surface area contributed by atoms with Crippen molar-refractivity contribution in [3.05, 3.63) is 12.7 Å². The minimum Gasteiger partial charge on any atom is -0.460 e. The molecular weight excluding hydrogens is 307 g/mol. The average molecular weight is 326 g/mol. The molecule has 0 aromatic carbocycles. The molecule has 0 radical (unpaired) electrons. The summed E-state index contributed by atoms with van der Waals surface area (Å²) < 4.78 is 5.07. The lowest BCUT2D eigenvalue weighted by Crippen LogP contribution is -2.17. The van der Waals surface area contributed by atoms with Gasteiger partial charge < -0.3 is 4.74 Å². The number of hydrogen-bond acceptors (Lipinski definition) is 2. The molecule has 0 aromatic rings. The smallest absolute Gasteiger partial charge is 0.330 e. The maximum atomic E-state index is 10.8. The fourth-order valence-corrected chi connectivity index (χ4v) is 3.30. The van der Waals surface area contributed by atoms with E-state index in [0.29, 0.717) is 0 Å². The second kappa shape index (κ2) is 6.61. The van der Waals surface area contributed by atoms with Gasteiger partial charge in [-0.25, -0.2) is 4.79 Å². The van der Waals surface area contributed by atoms with Crippen LogP contribution in [0.2, 0.25) is 19.1 Å². The molecule has 0 N–H and O–H groups in total. The summed E-state index contributed by atoms with van der Waals surface area (Å²) in [6.45, 7) is 9.98. The summed E-state index contributed by atoms with van der Waals surface area (Å²) in [6, 6.07) is 1.28. The van der Waals surface area contributed by atoms with Gasteiger partial charge >= 0.3 is 5.97 Å². The van der Waals surface area contributed by atoms with E-state index >= 15 is 0 Å². The third kappa shape index (κ3) is 8.74. The van der Waals surface area contributed by atoms with Gasteiger partial charge in [-0.1, -0.05) is 26.1 Å². The van der Waals surface area contributed by atoms with Gasteiger partial charge in [-0.2, -0.15) is 0 Å². The molecule has 82 valence electrons. The van der Waals surface area contributed by atoms with Crippen LogP contribution in [-0.2, 0) is 9.53 Å². The number of carbonyl (C=O) groups excluding carboxylic acids is 1. The molecule has 0 amide bonds. The monoisotopic (exact) mass is 326 g/mol. The maximum absolute atomic E-state index is 10.8. The Balaban J connectivity index is 3.59. The molecule has 1 unspecified atom stereocenters. The first kappa shape index (κ1) is 14.2. The Kier molecular flexibility index (Phi) is 6.68. The van der Waals surface area contributed by atoms with Crippen LogP contribution in [0.3, 0.4) is 0 Å². The average Bonchev–Trinajstić information content (AvgIpc) is 2.01. The van der Waals surface area contributed by atoms with Crippen molar-refractivity contribution in [2.75, 3.05) is 0 Å². The number of hydrogen-bond donors (Lipinski definition) is 0. The molecule has 0 aliphatic heterocycles. The van der Waals surface area contributed by atoms with Crippen LogP contribution in [0.1, 0.15) is 19.8 Å². The molecule has 0 bridgehead atoms. The normalized spacial score (nSPS) is 13.4. The minimum atomic E-state index is -0.963. The maximum Gasteiger partial charge on any atom is 0.330 e. The van der Waals surface area contributed by atoms with Crippen molar-refractivity contribution in [3.63, 3.8) is 0 Å². The summed E-state index contributed by atoms with van der Waals surface area (Å²) >= 11 is 2.57. The molecule has 0 fully saturated rings.